The third-order valence-electron chi connectivity index (χ3n) is 3.06. The van der Waals surface area contributed by atoms with Gasteiger partial charge in [-0.3, -0.25) is 4.57 Å². The quantitative estimate of drug-likeness (QED) is 0.560. The Hall–Kier alpha value is -2.09. The fraction of sp³-hybridized carbons (Fsp3) is 0.316. The molecule has 2 nitrogen and oxygen atoms in total. The van der Waals surface area contributed by atoms with Gasteiger partial charge in [-0.1, -0.05) is 58.0 Å². The van der Waals surface area contributed by atoms with Gasteiger partial charge in [0.05, 0.1) is 11.0 Å². The standard InChI is InChI=1S/C15H14N2.2C2H6/c1-11-7-6-10-14-15(11)17(12(2)16-14)13-8-4-3-5-9-13;2*1-2/h3-10H,1-2H3;2*1-2H3. The van der Waals surface area contributed by atoms with E-state index in [0.29, 0.717) is 0 Å². The summed E-state index contributed by atoms with van der Waals surface area (Å²) in [5, 5.41) is 0. The summed E-state index contributed by atoms with van der Waals surface area (Å²) < 4.78 is 2.21. The Morgan fingerprint density at radius 2 is 1.38 bits per heavy atom. The Labute approximate surface area is 128 Å². The highest BCUT2D eigenvalue weighted by Gasteiger charge is 2.10. The molecule has 21 heavy (non-hydrogen) atoms. The number of aromatic nitrogens is 2. The summed E-state index contributed by atoms with van der Waals surface area (Å²) >= 11 is 0. The highest BCUT2D eigenvalue weighted by atomic mass is 15.1. The summed E-state index contributed by atoms with van der Waals surface area (Å²) in [6, 6.07) is 16.6. The van der Waals surface area contributed by atoms with Gasteiger partial charge in [-0.05, 0) is 37.6 Å². The fourth-order valence-corrected chi connectivity index (χ4v) is 2.30. The van der Waals surface area contributed by atoms with Gasteiger partial charge >= 0.3 is 0 Å². The van der Waals surface area contributed by atoms with E-state index in [0.717, 1.165) is 11.3 Å². The number of hydrogen-bond donors (Lipinski definition) is 0. The molecule has 0 aliphatic heterocycles. The first-order valence-electron chi connectivity index (χ1n) is 7.77. The lowest BCUT2D eigenvalue weighted by molar-refractivity contribution is 0.998. The number of fused-ring (bicyclic) bond motifs is 1. The Morgan fingerprint density at radius 1 is 0.762 bits per heavy atom. The molecule has 0 aliphatic carbocycles. The molecular formula is C19H26N2. The number of imidazole rings is 1. The zero-order chi connectivity index (χ0) is 15.8. The van der Waals surface area contributed by atoms with Crippen LogP contribution in [0.1, 0.15) is 39.1 Å². The monoisotopic (exact) mass is 282 g/mol. The summed E-state index contributed by atoms with van der Waals surface area (Å²) in [5.41, 5.74) is 4.69. The second kappa shape index (κ2) is 8.25. The molecule has 0 fully saturated rings. The number of rotatable bonds is 1. The van der Waals surface area contributed by atoms with Crippen LogP contribution in [0.4, 0.5) is 0 Å². The summed E-state index contributed by atoms with van der Waals surface area (Å²) in [5.74, 6) is 1.03. The minimum Gasteiger partial charge on any atom is -0.296 e. The Bertz CT molecular complexity index is 667. The highest BCUT2D eigenvalue weighted by Crippen LogP contribution is 2.23. The molecule has 1 aromatic heterocycles. The van der Waals surface area contributed by atoms with Crippen molar-refractivity contribution in [3.05, 3.63) is 59.9 Å². The van der Waals surface area contributed by atoms with Crippen LogP contribution < -0.4 is 0 Å². The molecule has 0 bridgehead atoms. The number of benzene rings is 2. The Kier molecular flexibility index (Phi) is 6.67. The van der Waals surface area contributed by atoms with Crippen molar-refractivity contribution in [3.8, 4) is 5.69 Å². The molecule has 0 spiro atoms. The predicted molar refractivity (Wildman–Crippen MR) is 93.2 cm³/mol. The van der Waals surface area contributed by atoms with E-state index < -0.39 is 0 Å². The van der Waals surface area contributed by atoms with E-state index >= 15 is 0 Å². The van der Waals surface area contributed by atoms with E-state index in [1.165, 1.54) is 16.8 Å². The second-order valence-corrected chi connectivity index (χ2v) is 4.27. The van der Waals surface area contributed by atoms with Gasteiger partial charge in [0.2, 0.25) is 0 Å². The molecule has 112 valence electrons. The van der Waals surface area contributed by atoms with E-state index in [1.807, 2.05) is 40.7 Å². The molecule has 0 unspecified atom stereocenters. The topological polar surface area (TPSA) is 17.8 Å². The SMILES string of the molecule is CC.CC.Cc1cccc2nc(C)n(-c3ccccc3)c12. The van der Waals surface area contributed by atoms with Gasteiger partial charge in [0.25, 0.3) is 0 Å². The van der Waals surface area contributed by atoms with Crippen LogP contribution in [0, 0.1) is 13.8 Å². The second-order valence-electron chi connectivity index (χ2n) is 4.27. The van der Waals surface area contributed by atoms with Gasteiger partial charge in [-0.25, -0.2) is 4.98 Å². The van der Waals surface area contributed by atoms with Crippen molar-refractivity contribution in [1.29, 1.82) is 0 Å². The molecule has 1 heterocycles. The molecule has 0 radical (unpaired) electrons. The van der Waals surface area contributed by atoms with Gasteiger partial charge in [-0.2, -0.15) is 0 Å². The maximum Gasteiger partial charge on any atom is 0.111 e. The number of hydrogen-bond acceptors (Lipinski definition) is 1. The fourth-order valence-electron chi connectivity index (χ4n) is 2.30. The van der Waals surface area contributed by atoms with E-state index in [-0.39, 0.29) is 0 Å². The summed E-state index contributed by atoms with van der Waals surface area (Å²) in [7, 11) is 0. The van der Waals surface area contributed by atoms with Crippen LogP contribution in [-0.2, 0) is 0 Å². The molecular weight excluding hydrogens is 256 g/mol. The van der Waals surface area contributed by atoms with Crippen molar-refractivity contribution in [2.45, 2.75) is 41.5 Å². The zero-order valence-electron chi connectivity index (χ0n) is 14.0. The number of nitrogens with zero attached hydrogens (tertiary/aromatic N) is 2. The lowest BCUT2D eigenvalue weighted by atomic mass is 10.2. The molecule has 0 saturated heterocycles. The van der Waals surface area contributed by atoms with Gasteiger partial charge in [0.15, 0.2) is 0 Å². The molecule has 0 N–H and O–H groups in total. The van der Waals surface area contributed by atoms with Crippen molar-refractivity contribution >= 4 is 11.0 Å². The van der Waals surface area contributed by atoms with Crippen LogP contribution in [0.15, 0.2) is 48.5 Å². The number of para-hydroxylation sites is 2. The van der Waals surface area contributed by atoms with E-state index in [1.54, 1.807) is 0 Å². The van der Waals surface area contributed by atoms with Gasteiger partial charge in [0.1, 0.15) is 5.82 Å². The summed E-state index contributed by atoms with van der Waals surface area (Å²) in [4.78, 5) is 4.61. The molecule has 3 aromatic rings. The first-order chi connectivity index (χ1) is 10.3. The summed E-state index contributed by atoms with van der Waals surface area (Å²) in [6.45, 7) is 12.2. The average Bonchev–Trinajstić information content (AvgIpc) is 2.89. The van der Waals surface area contributed by atoms with Crippen LogP contribution in [0.2, 0.25) is 0 Å². The van der Waals surface area contributed by atoms with Crippen LogP contribution in [0.25, 0.3) is 16.7 Å². The third kappa shape index (κ3) is 3.52. The first-order valence-corrected chi connectivity index (χ1v) is 7.77. The summed E-state index contributed by atoms with van der Waals surface area (Å²) in [6.07, 6.45) is 0. The molecule has 0 saturated carbocycles. The van der Waals surface area contributed by atoms with Gasteiger partial charge in [0, 0.05) is 5.69 Å². The third-order valence-corrected chi connectivity index (χ3v) is 3.06. The Morgan fingerprint density at radius 3 is 2.00 bits per heavy atom. The highest BCUT2D eigenvalue weighted by molar-refractivity contribution is 5.81. The lowest BCUT2D eigenvalue weighted by Crippen LogP contribution is -1.97. The van der Waals surface area contributed by atoms with Crippen molar-refractivity contribution in [1.82, 2.24) is 9.55 Å². The van der Waals surface area contributed by atoms with Crippen molar-refractivity contribution in [2.24, 2.45) is 0 Å². The number of aryl methyl sites for hydroxylation is 2. The molecule has 0 amide bonds. The maximum absolute atomic E-state index is 4.61. The average molecular weight is 282 g/mol. The largest absolute Gasteiger partial charge is 0.296 e. The minimum absolute atomic E-state index is 1.03. The van der Waals surface area contributed by atoms with Crippen LogP contribution in [0.3, 0.4) is 0 Å². The Balaban J connectivity index is 0.000000510. The van der Waals surface area contributed by atoms with Crippen LogP contribution in [-0.4, -0.2) is 9.55 Å². The molecule has 0 aliphatic rings. The molecule has 0 atom stereocenters. The first kappa shape index (κ1) is 17.0. The maximum atomic E-state index is 4.61. The lowest BCUT2D eigenvalue weighted by Gasteiger charge is -2.08. The van der Waals surface area contributed by atoms with Crippen LogP contribution >= 0.6 is 0 Å². The van der Waals surface area contributed by atoms with E-state index in [4.69, 9.17) is 0 Å². The molecule has 2 aromatic carbocycles. The normalized spacial score (nSPS) is 9.43. The van der Waals surface area contributed by atoms with Crippen molar-refractivity contribution < 1.29 is 0 Å². The smallest absolute Gasteiger partial charge is 0.111 e. The van der Waals surface area contributed by atoms with Crippen LogP contribution in [0.5, 0.6) is 0 Å². The van der Waals surface area contributed by atoms with Gasteiger partial charge in [-0.15, -0.1) is 0 Å². The molecule has 2 heteroatoms. The van der Waals surface area contributed by atoms with Crippen molar-refractivity contribution in [3.63, 3.8) is 0 Å². The predicted octanol–water partition coefficient (Wildman–Crippen LogP) is 5.69. The minimum atomic E-state index is 1.03. The van der Waals surface area contributed by atoms with E-state index in [9.17, 15) is 0 Å². The van der Waals surface area contributed by atoms with E-state index in [2.05, 4.69) is 58.9 Å². The zero-order valence-corrected chi connectivity index (χ0v) is 14.0. The molecule has 3 rings (SSSR count). The van der Waals surface area contributed by atoms with Gasteiger partial charge < -0.3 is 0 Å². The van der Waals surface area contributed by atoms with Crippen molar-refractivity contribution in [2.75, 3.05) is 0 Å².